The molecule has 0 aliphatic heterocycles. The van der Waals surface area contributed by atoms with Gasteiger partial charge in [-0.2, -0.15) is 0 Å². The molecule has 0 saturated carbocycles. The van der Waals surface area contributed by atoms with Crippen molar-refractivity contribution in [1.29, 1.82) is 0 Å². The highest BCUT2D eigenvalue weighted by Crippen LogP contribution is 2.25. The van der Waals surface area contributed by atoms with E-state index in [9.17, 15) is 14.0 Å². The van der Waals surface area contributed by atoms with Gasteiger partial charge in [0.05, 0.1) is 13.7 Å². The van der Waals surface area contributed by atoms with Gasteiger partial charge in [-0.15, -0.1) is 0 Å². The van der Waals surface area contributed by atoms with Crippen molar-refractivity contribution >= 4 is 22.5 Å². The number of ether oxygens (including phenoxy) is 1. The Kier molecular flexibility index (Phi) is 5.54. The zero-order valence-electron chi connectivity index (χ0n) is 17.2. The average molecular weight is 416 g/mol. The van der Waals surface area contributed by atoms with E-state index in [0.29, 0.717) is 22.6 Å². The Bertz CT molecular complexity index is 1310. The van der Waals surface area contributed by atoms with Crippen LogP contribution in [0.4, 0.5) is 10.1 Å². The second-order valence-corrected chi connectivity index (χ2v) is 7.31. The zero-order chi connectivity index (χ0) is 22.0. The highest BCUT2D eigenvalue weighted by atomic mass is 19.1. The van der Waals surface area contributed by atoms with E-state index in [-0.39, 0.29) is 18.0 Å². The minimum atomic E-state index is -0.425. The summed E-state index contributed by atoms with van der Waals surface area (Å²) in [7, 11) is 1.54. The second-order valence-electron chi connectivity index (χ2n) is 7.31. The van der Waals surface area contributed by atoms with Crippen LogP contribution in [-0.4, -0.2) is 18.0 Å². The van der Waals surface area contributed by atoms with Crippen LogP contribution in [0.1, 0.15) is 21.5 Å². The van der Waals surface area contributed by atoms with Crippen LogP contribution >= 0.6 is 0 Å². The predicted molar refractivity (Wildman–Crippen MR) is 119 cm³/mol. The molecule has 0 saturated heterocycles. The van der Waals surface area contributed by atoms with Gasteiger partial charge in [0.15, 0.2) is 0 Å². The Morgan fingerprint density at radius 1 is 1.03 bits per heavy atom. The van der Waals surface area contributed by atoms with Gasteiger partial charge in [-0.05, 0) is 66.9 Å². The van der Waals surface area contributed by atoms with Crippen molar-refractivity contribution in [2.75, 3.05) is 12.0 Å². The third kappa shape index (κ3) is 4.33. The first-order valence-corrected chi connectivity index (χ1v) is 9.78. The number of fused-ring (bicyclic) bond motifs is 1. The Hall–Kier alpha value is -3.93. The molecule has 31 heavy (non-hydrogen) atoms. The van der Waals surface area contributed by atoms with Gasteiger partial charge in [-0.1, -0.05) is 17.7 Å². The molecular formula is C25H21FN2O3. The van der Waals surface area contributed by atoms with Crippen molar-refractivity contribution in [3.63, 3.8) is 0 Å². The van der Waals surface area contributed by atoms with Gasteiger partial charge >= 0.3 is 0 Å². The fourth-order valence-electron chi connectivity index (χ4n) is 3.47. The maximum atomic E-state index is 13.4. The van der Waals surface area contributed by atoms with Crippen LogP contribution in [0, 0.1) is 12.7 Å². The van der Waals surface area contributed by atoms with Gasteiger partial charge in [0, 0.05) is 28.4 Å². The number of aromatic amines is 1. The summed E-state index contributed by atoms with van der Waals surface area (Å²) in [5, 5.41) is 0.884. The number of carbonyl (C=O) groups excluding carboxylic acids is 1. The molecule has 1 aromatic heterocycles. The quantitative estimate of drug-likeness (QED) is 0.507. The maximum Gasteiger partial charge on any atom is 0.258 e. The number of aryl methyl sites for hydroxylation is 1. The summed E-state index contributed by atoms with van der Waals surface area (Å²) in [6.07, 6.45) is 0. The summed E-state index contributed by atoms with van der Waals surface area (Å²) in [6.45, 7) is 2.02. The molecule has 1 heterocycles. The third-order valence-corrected chi connectivity index (χ3v) is 5.11. The summed E-state index contributed by atoms with van der Waals surface area (Å²) in [5.41, 5.74) is 2.86. The largest absolute Gasteiger partial charge is 0.497 e. The number of amides is 1. The van der Waals surface area contributed by atoms with Crippen LogP contribution in [0.25, 0.3) is 10.9 Å². The number of nitrogens with one attached hydrogen (secondary N) is 1. The van der Waals surface area contributed by atoms with E-state index in [1.54, 1.807) is 37.4 Å². The van der Waals surface area contributed by atoms with E-state index in [0.717, 1.165) is 16.5 Å². The van der Waals surface area contributed by atoms with E-state index in [1.165, 1.54) is 29.2 Å². The average Bonchev–Trinajstić information content (AvgIpc) is 2.78. The molecule has 0 unspecified atom stereocenters. The number of methoxy groups -OCH3 is 1. The standard InChI is InChI=1S/C25H21FN2O3/c1-16-6-11-23-18(12-16)13-19(24(29)27-23)15-28(21-4-3-5-22(14-21)31-2)25(30)17-7-9-20(26)10-8-17/h3-14H,15H2,1-2H3,(H,27,29). The lowest BCUT2D eigenvalue weighted by molar-refractivity contribution is 0.0985. The molecule has 0 spiro atoms. The first-order valence-electron chi connectivity index (χ1n) is 9.78. The summed E-state index contributed by atoms with van der Waals surface area (Å²) in [5.74, 6) is -0.194. The number of anilines is 1. The number of carbonyl (C=O) groups is 1. The van der Waals surface area contributed by atoms with Gasteiger partial charge in [-0.3, -0.25) is 9.59 Å². The molecule has 0 radical (unpaired) electrons. The van der Waals surface area contributed by atoms with Crippen LogP contribution < -0.4 is 15.2 Å². The van der Waals surface area contributed by atoms with Gasteiger partial charge in [-0.25, -0.2) is 4.39 Å². The van der Waals surface area contributed by atoms with Crippen LogP contribution in [0.5, 0.6) is 5.75 Å². The molecule has 0 aliphatic rings. The highest BCUT2D eigenvalue weighted by molar-refractivity contribution is 6.06. The lowest BCUT2D eigenvalue weighted by Gasteiger charge is -2.23. The minimum absolute atomic E-state index is 0.0442. The maximum absolute atomic E-state index is 13.4. The van der Waals surface area contributed by atoms with Crippen molar-refractivity contribution in [2.45, 2.75) is 13.5 Å². The van der Waals surface area contributed by atoms with Crippen LogP contribution in [0.3, 0.4) is 0 Å². The number of hydrogen-bond donors (Lipinski definition) is 1. The molecule has 0 fully saturated rings. The Morgan fingerprint density at radius 3 is 2.55 bits per heavy atom. The summed E-state index contributed by atoms with van der Waals surface area (Å²) >= 11 is 0. The van der Waals surface area contributed by atoms with Crippen LogP contribution in [0.15, 0.2) is 77.6 Å². The van der Waals surface area contributed by atoms with E-state index in [4.69, 9.17) is 4.74 Å². The van der Waals surface area contributed by atoms with Gasteiger partial charge in [0.25, 0.3) is 11.5 Å². The van der Waals surface area contributed by atoms with E-state index < -0.39 is 5.82 Å². The van der Waals surface area contributed by atoms with Crippen molar-refractivity contribution < 1.29 is 13.9 Å². The number of H-pyrrole nitrogens is 1. The molecule has 4 rings (SSSR count). The van der Waals surface area contributed by atoms with Crippen molar-refractivity contribution in [3.05, 3.63) is 106 Å². The highest BCUT2D eigenvalue weighted by Gasteiger charge is 2.20. The Labute approximate surface area is 178 Å². The first kappa shape index (κ1) is 20.3. The predicted octanol–water partition coefficient (Wildman–Crippen LogP) is 4.83. The molecule has 5 nitrogen and oxygen atoms in total. The summed E-state index contributed by atoms with van der Waals surface area (Å²) < 4.78 is 18.7. The van der Waals surface area contributed by atoms with Gasteiger partial charge < -0.3 is 14.6 Å². The number of hydrogen-bond acceptors (Lipinski definition) is 3. The smallest absolute Gasteiger partial charge is 0.258 e. The molecule has 156 valence electrons. The zero-order valence-corrected chi connectivity index (χ0v) is 17.2. The molecule has 3 aromatic carbocycles. The van der Waals surface area contributed by atoms with Crippen molar-refractivity contribution in [1.82, 2.24) is 4.98 Å². The number of aromatic nitrogens is 1. The molecular weight excluding hydrogens is 395 g/mol. The molecule has 1 N–H and O–H groups in total. The molecule has 0 aliphatic carbocycles. The minimum Gasteiger partial charge on any atom is -0.497 e. The molecule has 6 heteroatoms. The van der Waals surface area contributed by atoms with E-state index >= 15 is 0 Å². The first-order chi connectivity index (χ1) is 14.9. The van der Waals surface area contributed by atoms with Crippen molar-refractivity contribution in [2.24, 2.45) is 0 Å². The van der Waals surface area contributed by atoms with Crippen LogP contribution in [0.2, 0.25) is 0 Å². The van der Waals surface area contributed by atoms with E-state index in [2.05, 4.69) is 4.98 Å². The third-order valence-electron chi connectivity index (χ3n) is 5.11. The number of benzene rings is 3. The van der Waals surface area contributed by atoms with Gasteiger partial charge in [0.1, 0.15) is 11.6 Å². The molecule has 0 bridgehead atoms. The monoisotopic (exact) mass is 416 g/mol. The molecule has 0 atom stereocenters. The Balaban J connectivity index is 1.79. The fraction of sp³-hybridized carbons (Fsp3) is 0.120. The SMILES string of the molecule is COc1cccc(N(Cc2cc3cc(C)ccc3[nH]c2=O)C(=O)c2ccc(F)cc2)c1. The molecule has 1 amide bonds. The topological polar surface area (TPSA) is 62.4 Å². The fourth-order valence-corrected chi connectivity index (χ4v) is 3.47. The van der Waals surface area contributed by atoms with Crippen molar-refractivity contribution in [3.8, 4) is 5.75 Å². The van der Waals surface area contributed by atoms with E-state index in [1.807, 2.05) is 25.1 Å². The van der Waals surface area contributed by atoms with Gasteiger partial charge in [0.2, 0.25) is 0 Å². The number of rotatable bonds is 5. The number of pyridine rings is 1. The normalized spacial score (nSPS) is 10.8. The van der Waals surface area contributed by atoms with Crippen LogP contribution in [-0.2, 0) is 6.54 Å². The Morgan fingerprint density at radius 2 is 1.81 bits per heavy atom. The summed E-state index contributed by atoms with van der Waals surface area (Å²) in [4.78, 5) is 30.5. The second kappa shape index (κ2) is 8.44. The summed E-state index contributed by atoms with van der Waals surface area (Å²) in [6, 6.07) is 19.9. The number of nitrogens with zero attached hydrogens (tertiary/aromatic N) is 1. The lowest BCUT2D eigenvalue weighted by atomic mass is 10.1. The lowest BCUT2D eigenvalue weighted by Crippen LogP contribution is -2.33. The molecule has 4 aromatic rings. The number of halogens is 1.